The summed E-state index contributed by atoms with van der Waals surface area (Å²) in [7, 11) is -0.977. The molecule has 0 saturated heterocycles. The molecule has 2 aromatic rings. The highest BCUT2D eigenvalue weighted by Gasteiger charge is 2.46. The maximum atomic E-state index is 11.6. The number of ether oxygens (including phenoxy) is 2. The van der Waals surface area contributed by atoms with Crippen LogP contribution in [0.4, 0.5) is 0 Å². The number of carbonyl (C=O) groups excluding carboxylic acids is 1. The molecule has 0 radical (unpaired) electrons. The Morgan fingerprint density at radius 3 is 2.30 bits per heavy atom. The van der Waals surface area contributed by atoms with E-state index in [2.05, 4.69) is 44.8 Å². The van der Waals surface area contributed by atoms with E-state index >= 15 is 0 Å². The summed E-state index contributed by atoms with van der Waals surface area (Å²) >= 11 is 0. The van der Waals surface area contributed by atoms with Crippen molar-refractivity contribution in [1.29, 1.82) is 0 Å². The molecule has 0 unspecified atom stereocenters. The molecule has 1 heterocycles. The molecule has 0 saturated carbocycles. The Morgan fingerprint density at radius 1 is 1.07 bits per heavy atom. The molecule has 0 N–H and O–H groups in total. The molecule has 6 heteroatoms. The number of hydrogen-bond donors (Lipinski definition) is 0. The Kier molecular flexibility index (Phi) is 7.71. The molecule has 5 nitrogen and oxygen atoms in total. The van der Waals surface area contributed by atoms with E-state index in [1.807, 2.05) is 24.3 Å². The number of aromatic nitrogens is 1. The van der Waals surface area contributed by atoms with Crippen LogP contribution in [0.2, 0.25) is 11.1 Å². The summed E-state index contributed by atoms with van der Waals surface area (Å²) in [6.45, 7) is 9.29. The maximum absolute atomic E-state index is 11.6. The van der Waals surface area contributed by atoms with Gasteiger partial charge in [-0.25, -0.2) is 4.98 Å². The van der Waals surface area contributed by atoms with Gasteiger partial charge in [-0.05, 0) is 22.7 Å². The van der Waals surface area contributed by atoms with Gasteiger partial charge in [0.05, 0.1) is 6.61 Å². The third kappa shape index (κ3) is 4.64. The molecular formula is C21H29NO4Si. The minimum absolute atomic E-state index is 0.0545. The molecule has 0 fully saturated rings. The fourth-order valence-electron chi connectivity index (χ4n) is 3.60. The Hall–Kier alpha value is -2.02. The normalized spacial score (nSPS) is 11.8. The Balaban J connectivity index is 2.55. The molecule has 27 heavy (non-hydrogen) atoms. The van der Waals surface area contributed by atoms with Gasteiger partial charge in [0.25, 0.3) is 0 Å². The third-order valence-electron chi connectivity index (χ3n) is 4.82. The van der Waals surface area contributed by atoms with Gasteiger partial charge in [0, 0.05) is 18.5 Å². The molecule has 0 bridgehead atoms. The van der Waals surface area contributed by atoms with Crippen LogP contribution in [0, 0.1) is 0 Å². The molecule has 0 spiro atoms. The van der Waals surface area contributed by atoms with Crippen molar-refractivity contribution < 1.29 is 18.7 Å². The molecule has 0 aliphatic rings. The summed E-state index contributed by atoms with van der Waals surface area (Å²) in [5.41, 5.74) is 1.95. The lowest BCUT2D eigenvalue weighted by Crippen LogP contribution is -2.56. The SMILES string of the molecule is COCOc1c([Si](OCc2ccccc2)(C(C)C)C(C)C)ccnc1C=O. The fourth-order valence-corrected chi connectivity index (χ4v) is 8.30. The fraction of sp³-hybridized carbons (Fsp3) is 0.429. The summed E-state index contributed by atoms with van der Waals surface area (Å²) < 4.78 is 17.6. The van der Waals surface area contributed by atoms with Gasteiger partial charge in [0.1, 0.15) is 5.69 Å². The lowest BCUT2D eigenvalue weighted by molar-refractivity contribution is 0.0507. The van der Waals surface area contributed by atoms with Crippen molar-refractivity contribution in [3.05, 3.63) is 53.9 Å². The first-order chi connectivity index (χ1) is 13.0. The van der Waals surface area contributed by atoms with Gasteiger partial charge < -0.3 is 13.9 Å². The topological polar surface area (TPSA) is 57.6 Å². The Morgan fingerprint density at radius 2 is 1.74 bits per heavy atom. The lowest BCUT2D eigenvalue weighted by atomic mass is 10.2. The number of aldehydes is 1. The number of rotatable bonds is 10. The molecule has 1 aromatic heterocycles. The van der Waals surface area contributed by atoms with Crippen LogP contribution >= 0.6 is 0 Å². The third-order valence-corrected chi connectivity index (χ3v) is 10.1. The minimum atomic E-state index is -2.53. The van der Waals surface area contributed by atoms with E-state index in [0.717, 1.165) is 17.0 Å². The smallest absolute Gasteiger partial charge is 0.233 e. The number of pyridine rings is 1. The van der Waals surface area contributed by atoms with Crippen molar-refractivity contribution in [3.8, 4) is 5.75 Å². The minimum Gasteiger partial charge on any atom is -0.465 e. The molecule has 0 amide bonds. The second-order valence-electron chi connectivity index (χ2n) is 7.12. The molecule has 0 atom stereocenters. The van der Waals surface area contributed by atoms with Crippen molar-refractivity contribution in [3.63, 3.8) is 0 Å². The highest BCUT2D eigenvalue weighted by molar-refractivity contribution is 6.89. The van der Waals surface area contributed by atoms with Crippen LogP contribution in [0.3, 0.4) is 0 Å². The second-order valence-corrected chi connectivity index (χ2v) is 11.8. The van der Waals surface area contributed by atoms with Crippen molar-refractivity contribution in [2.24, 2.45) is 0 Å². The van der Waals surface area contributed by atoms with Gasteiger partial charge in [0.2, 0.25) is 8.32 Å². The van der Waals surface area contributed by atoms with Crippen LogP contribution in [0.15, 0.2) is 42.6 Å². The van der Waals surface area contributed by atoms with Gasteiger partial charge >= 0.3 is 0 Å². The number of benzene rings is 1. The molecule has 2 rings (SSSR count). The molecular weight excluding hydrogens is 358 g/mol. The summed E-state index contributed by atoms with van der Waals surface area (Å²) in [6.07, 6.45) is 2.39. The first-order valence-corrected chi connectivity index (χ1v) is 11.3. The average Bonchev–Trinajstić information content (AvgIpc) is 2.67. The summed E-state index contributed by atoms with van der Waals surface area (Å²) in [4.78, 5) is 15.8. The zero-order valence-corrected chi connectivity index (χ0v) is 17.8. The van der Waals surface area contributed by atoms with Crippen LogP contribution in [-0.4, -0.2) is 33.5 Å². The van der Waals surface area contributed by atoms with Crippen LogP contribution in [-0.2, 0) is 15.8 Å². The van der Waals surface area contributed by atoms with Crippen molar-refractivity contribution in [1.82, 2.24) is 4.98 Å². The maximum Gasteiger partial charge on any atom is 0.233 e. The molecule has 146 valence electrons. The number of methoxy groups -OCH3 is 1. The average molecular weight is 388 g/mol. The zero-order valence-electron chi connectivity index (χ0n) is 16.8. The van der Waals surface area contributed by atoms with E-state index in [-0.39, 0.29) is 23.6 Å². The van der Waals surface area contributed by atoms with E-state index in [1.54, 1.807) is 13.3 Å². The van der Waals surface area contributed by atoms with Crippen molar-refractivity contribution in [2.75, 3.05) is 13.9 Å². The highest BCUT2D eigenvalue weighted by Crippen LogP contribution is 2.36. The zero-order chi connectivity index (χ0) is 19.9. The number of nitrogens with zero attached hydrogens (tertiary/aromatic N) is 1. The van der Waals surface area contributed by atoms with Crippen LogP contribution in [0.1, 0.15) is 43.7 Å². The summed E-state index contributed by atoms with van der Waals surface area (Å²) in [5, 5.41) is 0.956. The van der Waals surface area contributed by atoms with Crippen LogP contribution in [0.25, 0.3) is 0 Å². The molecule has 0 aliphatic carbocycles. The monoisotopic (exact) mass is 387 g/mol. The predicted octanol–water partition coefficient (Wildman–Crippen LogP) is 4.07. The van der Waals surface area contributed by atoms with E-state index < -0.39 is 8.32 Å². The van der Waals surface area contributed by atoms with Gasteiger partial charge in [-0.15, -0.1) is 0 Å². The number of carbonyl (C=O) groups is 1. The largest absolute Gasteiger partial charge is 0.465 e. The lowest BCUT2D eigenvalue weighted by Gasteiger charge is -2.40. The van der Waals surface area contributed by atoms with Gasteiger partial charge in [-0.1, -0.05) is 58.0 Å². The molecule has 0 aliphatic heterocycles. The van der Waals surface area contributed by atoms with Gasteiger partial charge in [0.15, 0.2) is 18.8 Å². The highest BCUT2D eigenvalue weighted by atomic mass is 28.4. The molecule has 1 aromatic carbocycles. The first kappa shape index (κ1) is 21.3. The Bertz CT molecular complexity index is 726. The standard InChI is InChI=1S/C21H29NO4Si/c1-16(2)27(17(3)4,26-14-18-9-7-6-8-10-18)20-11-12-22-19(13-23)21(20)25-15-24-5/h6-13,16-17H,14-15H2,1-5H3. The van der Waals surface area contributed by atoms with E-state index in [1.165, 1.54) is 0 Å². The van der Waals surface area contributed by atoms with Crippen LogP contribution < -0.4 is 9.92 Å². The summed E-state index contributed by atoms with van der Waals surface area (Å²) in [5.74, 6) is 0.483. The number of hydrogen-bond acceptors (Lipinski definition) is 5. The first-order valence-electron chi connectivity index (χ1n) is 9.21. The van der Waals surface area contributed by atoms with Crippen molar-refractivity contribution >= 4 is 19.8 Å². The van der Waals surface area contributed by atoms with E-state index in [9.17, 15) is 4.79 Å². The van der Waals surface area contributed by atoms with Gasteiger partial charge in [-0.2, -0.15) is 0 Å². The second kappa shape index (κ2) is 9.78. The summed E-state index contributed by atoms with van der Waals surface area (Å²) in [6, 6.07) is 12.1. The Labute approximate surface area is 162 Å². The predicted molar refractivity (Wildman–Crippen MR) is 109 cm³/mol. The van der Waals surface area contributed by atoms with E-state index in [0.29, 0.717) is 12.4 Å². The quantitative estimate of drug-likeness (QED) is 0.349. The van der Waals surface area contributed by atoms with Gasteiger partial charge in [-0.3, -0.25) is 4.79 Å². The van der Waals surface area contributed by atoms with Crippen molar-refractivity contribution in [2.45, 2.75) is 45.4 Å². The van der Waals surface area contributed by atoms with Crippen LogP contribution in [0.5, 0.6) is 5.75 Å². The van der Waals surface area contributed by atoms with E-state index in [4.69, 9.17) is 13.9 Å².